The Morgan fingerprint density at radius 3 is 2.81 bits per heavy atom. The molecule has 1 aromatic heterocycles. The fourth-order valence-corrected chi connectivity index (χ4v) is 1.39. The molecule has 0 aliphatic rings. The Morgan fingerprint density at radius 1 is 1.38 bits per heavy atom. The van der Waals surface area contributed by atoms with Gasteiger partial charge in [0.15, 0.2) is 0 Å². The number of hydrogen-bond donors (Lipinski definition) is 3. The van der Waals surface area contributed by atoms with E-state index >= 15 is 0 Å². The van der Waals surface area contributed by atoms with E-state index in [1.54, 1.807) is 0 Å². The summed E-state index contributed by atoms with van der Waals surface area (Å²) in [5.41, 5.74) is 6.68. The second-order valence-electron chi connectivity index (χ2n) is 3.36. The smallest absolute Gasteiger partial charge is 0.254 e. The van der Waals surface area contributed by atoms with Crippen molar-refractivity contribution in [2.24, 2.45) is 5.73 Å². The van der Waals surface area contributed by atoms with Gasteiger partial charge in [-0.3, -0.25) is 9.89 Å². The quantitative estimate of drug-likeness (QED) is 0.716. The predicted molar refractivity (Wildman–Crippen MR) is 60.9 cm³/mol. The van der Waals surface area contributed by atoms with Crippen LogP contribution in [0.4, 0.5) is 5.82 Å². The van der Waals surface area contributed by atoms with E-state index in [-0.39, 0.29) is 0 Å². The van der Waals surface area contributed by atoms with Crippen LogP contribution in [0.15, 0.2) is 36.5 Å². The minimum Gasteiger partial charge on any atom is -0.366 e. The molecule has 4 N–H and O–H groups in total. The van der Waals surface area contributed by atoms with Gasteiger partial charge in [-0.2, -0.15) is 5.10 Å². The van der Waals surface area contributed by atoms with Gasteiger partial charge in [-0.05, 0) is 5.56 Å². The van der Waals surface area contributed by atoms with Crippen molar-refractivity contribution in [3.63, 3.8) is 0 Å². The molecule has 0 bridgehead atoms. The van der Waals surface area contributed by atoms with Crippen LogP contribution in [0.3, 0.4) is 0 Å². The van der Waals surface area contributed by atoms with Crippen LogP contribution in [0.5, 0.6) is 0 Å². The summed E-state index contributed by atoms with van der Waals surface area (Å²) in [4.78, 5) is 11.0. The second-order valence-corrected chi connectivity index (χ2v) is 3.36. The highest BCUT2D eigenvalue weighted by atomic mass is 16.1. The molecule has 16 heavy (non-hydrogen) atoms. The first kappa shape index (κ1) is 10.2. The van der Waals surface area contributed by atoms with Crippen molar-refractivity contribution < 1.29 is 4.79 Å². The summed E-state index contributed by atoms with van der Waals surface area (Å²) in [6.45, 7) is 0.614. The van der Waals surface area contributed by atoms with E-state index in [2.05, 4.69) is 15.5 Å². The first-order valence-corrected chi connectivity index (χ1v) is 4.88. The molecular formula is C11H12N4O. The van der Waals surface area contributed by atoms with E-state index in [1.807, 2.05) is 30.3 Å². The molecule has 0 atom stereocenters. The number of aromatic nitrogens is 2. The van der Waals surface area contributed by atoms with Crippen LogP contribution < -0.4 is 11.1 Å². The zero-order chi connectivity index (χ0) is 11.4. The molecule has 0 saturated carbocycles. The zero-order valence-corrected chi connectivity index (χ0v) is 8.60. The second kappa shape index (κ2) is 4.48. The van der Waals surface area contributed by atoms with Gasteiger partial charge >= 0.3 is 0 Å². The molecule has 0 radical (unpaired) electrons. The molecule has 2 aromatic rings. The third-order valence-electron chi connectivity index (χ3n) is 2.22. The van der Waals surface area contributed by atoms with Gasteiger partial charge in [0.1, 0.15) is 11.4 Å². The predicted octanol–water partition coefficient (Wildman–Crippen LogP) is 1.12. The van der Waals surface area contributed by atoms with Crippen LogP contribution in [0.25, 0.3) is 0 Å². The lowest BCUT2D eigenvalue weighted by Gasteiger charge is -2.04. The zero-order valence-electron chi connectivity index (χ0n) is 8.60. The summed E-state index contributed by atoms with van der Waals surface area (Å²) in [6.07, 6.45) is 1.41. The number of nitrogens with one attached hydrogen (secondary N) is 2. The van der Waals surface area contributed by atoms with Gasteiger partial charge < -0.3 is 11.1 Å². The largest absolute Gasteiger partial charge is 0.366 e. The molecule has 1 heterocycles. The number of anilines is 1. The van der Waals surface area contributed by atoms with Gasteiger partial charge in [0.25, 0.3) is 5.91 Å². The lowest BCUT2D eigenvalue weighted by molar-refractivity contribution is 0.100. The van der Waals surface area contributed by atoms with Crippen molar-refractivity contribution in [3.8, 4) is 0 Å². The normalized spacial score (nSPS) is 10.0. The fraction of sp³-hybridized carbons (Fsp3) is 0.0909. The Bertz CT molecular complexity index is 478. The lowest BCUT2D eigenvalue weighted by atomic mass is 10.2. The van der Waals surface area contributed by atoms with Gasteiger partial charge in [-0.1, -0.05) is 30.3 Å². The summed E-state index contributed by atoms with van der Waals surface area (Å²) < 4.78 is 0. The summed E-state index contributed by atoms with van der Waals surface area (Å²) in [6, 6.07) is 9.85. The number of amides is 1. The molecule has 5 nitrogen and oxygen atoms in total. The molecule has 1 amide bonds. The number of rotatable bonds is 4. The molecule has 0 aliphatic carbocycles. The maximum atomic E-state index is 11.0. The van der Waals surface area contributed by atoms with Gasteiger partial charge in [0.05, 0.1) is 6.20 Å². The fourth-order valence-electron chi connectivity index (χ4n) is 1.39. The number of H-pyrrole nitrogens is 1. The highest BCUT2D eigenvalue weighted by Gasteiger charge is 2.09. The number of nitrogens with two attached hydrogens (primary N) is 1. The van der Waals surface area contributed by atoms with E-state index in [0.29, 0.717) is 17.9 Å². The average Bonchev–Trinajstić information content (AvgIpc) is 2.76. The molecule has 5 heteroatoms. The Labute approximate surface area is 92.7 Å². The molecule has 1 aromatic carbocycles. The standard InChI is InChI=1S/C11H12N4O/c12-10(16)9-7-14-15-11(9)13-6-8-4-2-1-3-5-8/h1-5,7H,6H2,(H2,12,16)(H2,13,14,15). The molecule has 82 valence electrons. The first-order valence-electron chi connectivity index (χ1n) is 4.88. The highest BCUT2D eigenvalue weighted by Crippen LogP contribution is 2.11. The van der Waals surface area contributed by atoms with Gasteiger partial charge in [-0.15, -0.1) is 0 Å². The van der Waals surface area contributed by atoms with Crippen LogP contribution in [0.2, 0.25) is 0 Å². The van der Waals surface area contributed by atoms with Crippen LogP contribution in [0.1, 0.15) is 15.9 Å². The SMILES string of the molecule is NC(=O)c1cn[nH]c1NCc1ccccc1. The Balaban J connectivity index is 2.05. The lowest BCUT2D eigenvalue weighted by Crippen LogP contribution is -2.13. The third-order valence-corrected chi connectivity index (χ3v) is 2.22. The van der Waals surface area contributed by atoms with Crippen LogP contribution >= 0.6 is 0 Å². The first-order chi connectivity index (χ1) is 7.77. The Morgan fingerprint density at radius 2 is 2.12 bits per heavy atom. The number of carbonyl (C=O) groups excluding carboxylic acids is 1. The molecule has 0 fully saturated rings. The summed E-state index contributed by atoms with van der Waals surface area (Å²) in [7, 11) is 0. The minimum absolute atomic E-state index is 0.371. The highest BCUT2D eigenvalue weighted by molar-refractivity contribution is 5.97. The van der Waals surface area contributed by atoms with E-state index in [1.165, 1.54) is 6.20 Å². The van der Waals surface area contributed by atoms with E-state index in [0.717, 1.165) is 5.56 Å². The average molecular weight is 216 g/mol. The van der Waals surface area contributed by atoms with E-state index in [9.17, 15) is 4.79 Å². The van der Waals surface area contributed by atoms with Crippen molar-refractivity contribution in [3.05, 3.63) is 47.7 Å². The monoisotopic (exact) mass is 216 g/mol. The summed E-state index contributed by atoms with van der Waals surface area (Å²) in [5, 5.41) is 9.53. The van der Waals surface area contributed by atoms with E-state index in [4.69, 9.17) is 5.73 Å². The number of aromatic amines is 1. The molecule has 0 spiro atoms. The Kier molecular flexibility index (Phi) is 2.86. The third kappa shape index (κ3) is 2.20. The van der Waals surface area contributed by atoms with Crippen molar-refractivity contribution >= 4 is 11.7 Å². The van der Waals surface area contributed by atoms with Crippen molar-refractivity contribution in [2.45, 2.75) is 6.54 Å². The summed E-state index contributed by atoms with van der Waals surface area (Å²) >= 11 is 0. The number of primary amides is 1. The van der Waals surface area contributed by atoms with Crippen molar-refractivity contribution in [2.75, 3.05) is 5.32 Å². The number of hydrogen-bond acceptors (Lipinski definition) is 3. The van der Waals surface area contributed by atoms with E-state index < -0.39 is 5.91 Å². The maximum absolute atomic E-state index is 11.0. The van der Waals surface area contributed by atoms with Crippen LogP contribution in [0, 0.1) is 0 Å². The molecule has 0 unspecified atom stereocenters. The van der Waals surface area contributed by atoms with Gasteiger partial charge in [0.2, 0.25) is 0 Å². The van der Waals surface area contributed by atoms with Crippen molar-refractivity contribution in [1.82, 2.24) is 10.2 Å². The number of nitrogens with zero attached hydrogens (tertiary/aromatic N) is 1. The molecule has 0 aliphatic heterocycles. The minimum atomic E-state index is -0.496. The summed E-state index contributed by atoms with van der Waals surface area (Å²) in [5.74, 6) is 0.0562. The molecular weight excluding hydrogens is 204 g/mol. The topological polar surface area (TPSA) is 83.8 Å². The number of benzene rings is 1. The van der Waals surface area contributed by atoms with Gasteiger partial charge in [0, 0.05) is 6.54 Å². The molecule has 2 rings (SSSR count). The van der Waals surface area contributed by atoms with Crippen LogP contribution in [-0.4, -0.2) is 16.1 Å². The Hall–Kier alpha value is -2.30. The molecule has 0 saturated heterocycles. The maximum Gasteiger partial charge on any atom is 0.254 e. The van der Waals surface area contributed by atoms with Crippen molar-refractivity contribution in [1.29, 1.82) is 0 Å². The number of carbonyl (C=O) groups is 1. The van der Waals surface area contributed by atoms with Crippen LogP contribution in [-0.2, 0) is 6.54 Å². The van der Waals surface area contributed by atoms with Gasteiger partial charge in [-0.25, -0.2) is 0 Å².